The number of hydrogen-bond acceptors (Lipinski definition) is 7. The van der Waals surface area contributed by atoms with Crippen molar-refractivity contribution in [3.8, 4) is 0 Å². The van der Waals surface area contributed by atoms with Gasteiger partial charge in [0.1, 0.15) is 0 Å². The summed E-state index contributed by atoms with van der Waals surface area (Å²) in [5, 5.41) is 0. The van der Waals surface area contributed by atoms with Crippen molar-refractivity contribution >= 4 is 26.0 Å². The van der Waals surface area contributed by atoms with Crippen LogP contribution in [0.1, 0.15) is 59.3 Å². The molecule has 9 heteroatoms. The minimum Gasteiger partial charge on any atom is -0.294 e. The first-order valence-electron chi connectivity index (χ1n) is 11.0. The predicted molar refractivity (Wildman–Crippen MR) is 118 cm³/mol. The minimum atomic E-state index is -3.68. The van der Waals surface area contributed by atoms with Crippen molar-refractivity contribution in [2.75, 3.05) is 25.7 Å². The Morgan fingerprint density at radius 3 is 2.13 bits per heavy atom. The third-order valence-electron chi connectivity index (χ3n) is 8.48. The van der Waals surface area contributed by atoms with Gasteiger partial charge in [0, 0.05) is 10.8 Å². The van der Waals surface area contributed by atoms with E-state index in [1.165, 1.54) is 0 Å². The first-order chi connectivity index (χ1) is 14.0. The van der Waals surface area contributed by atoms with Crippen LogP contribution in [0.2, 0.25) is 0 Å². The van der Waals surface area contributed by atoms with Gasteiger partial charge in [0.25, 0.3) is 20.2 Å². The third-order valence-corrected chi connectivity index (χ3v) is 9.57. The van der Waals surface area contributed by atoms with E-state index in [0.717, 1.165) is 38.2 Å². The molecule has 0 spiro atoms. The summed E-state index contributed by atoms with van der Waals surface area (Å²) < 4.78 is 58.1. The lowest BCUT2D eigenvalue weighted by molar-refractivity contribution is -0.182. The van der Waals surface area contributed by atoms with E-state index in [-0.39, 0.29) is 36.8 Å². The summed E-state index contributed by atoms with van der Waals surface area (Å²) in [5.41, 5.74) is -0.967. The smallest absolute Gasteiger partial charge is 0.264 e. The molecular formula is C22H36O7S2. The molecule has 31 heavy (non-hydrogen) atoms. The number of rotatable bonds is 6. The van der Waals surface area contributed by atoms with Crippen molar-refractivity contribution in [2.24, 2.45) is 34.0 Å². The molecule has 3 rings (SSSR count). The first kappa shape index (κ1) is 24.9. The summed E-state index contributed by atoms with van der Waals surface area (Å²) in [6.07, 6.45) is 6.52. The molecule has 0 N–H and O–H groups in total. The molecule has 6 atom stereocenters. The van der Waals surface area contributed by atoms with Crippen LogP contribution in [0.15, 0.2) is 12.2 Å². The van der Waals surface area contributed by atoms with E-state index in [1.807, 2.05) is 20.8 Å². The normalized spacial score (nSPS) is 41.5. The molecule has 0 aromatic heterocycles. The van der Waals surface area contributed by atoms with E-state index in [9.17, 15) is 21.6 Å². The van der Waals surface area contributed by atoms with Gasteiger partial charge in [-0.2, -0.15) is 16.8 Å². The number of Topliss-reactive ketones (excluding diaryl/α,β-unsaturated/α-hetero) is 1. The molecule has 0 saturated heterocycles. The second-order valence-corrected chi connectivity index (χ2v) is 14.0. The quantitative estimate of drug-likeness (QED) is 0.428. The first-order valence-corrected chi connectivity index (χ1v) is 14.6. The molecule has 6 unspecified atom stereocenters. The second-order valence-electron chi connectivity index (χ2n) is 10.7. The maximum Gasteiger partial charge on any atom is 0.264 e. The molecule has 0 aliphatic heterocycles. The summed E-state index contributed by atoms with van der Waals surface area (Å²) in [4.78, 5) is 13.4. The van der Waals surface area contributed by atoms with E-state index in [1.54, 1.807) is 0 Å². The number of ketones is 1. The molecule has 3 aliphatic carbocycles. The average Bonchev–Trinajstić information content (AvgIpc) is 2.64. The average molecular weight is 477 g/mol. The fourth-order valence-corrected chi connectivity index (χ4v) is 7.84. The lowest BCUT2D eigenvalue weighted by Gasteiger charge is -2.65. The number of carbonyl (C=O) groups is 1. The molecular weight excluding hydrogens is 440 g/mol. The van der Waals surface area contributed by atoms with Crippen LogP contribution in [0, 0.1) is 34.0 Å². The van der Waals surface area contributed by atoms with E-state index < -0.39 is 36.5 Å². The van der Waals surface area contributed by atoms with Crippen LogP contribution >= 0.6 is 0 Å². The van der Waals surface area contributed by atoms with Crippen LogP contribution in [-0.4, -0.2) is 48.3 Å². The highest BCUT2D eigenvalue weighted by molar-refractivity contribution is 7.86. The maximum atomic E-state index is 13.4. The SMILES string of the molecule is C=C1C(=O)C2(C)CCC3C(C)(COS(C)(=O)=O)CCCC3(COS(C)(=O)=O)C2CC1C. The Morgan fingerprint density at radius 2 is 1.55 bits per heavy atom. The van der Waals surface area contributed by atoms with Gasteiger partial charge in [-0.15, -0.1) is 0 Å². The number of carbonyl (C=O) groups excluding carboxylic acids is 1. The highest BCUT2D eigenvalue weighted by Gasteiger charge is 2.65. The van der Waals surface area contributed by atoms with E-state index >= 15 is 0 Å². The van der Waals surface area contributed by atoms with Gasteiger partial charge in [-0.25, -0.2) is 0 Å². The third kappa shape index (κ3) is 4.52. The molecule has 3 aliphatic rings. The fraction of sp³-hybridized carbons (Fsp3) is 0.864. The van der Waals surface area contributed by atoms with Gasteiger partial charge in [0.05, 0.1) is 25.7 Å². The molecule has 7 nitrogen and oxygen atoms in total. The Morgan fingerprint density at radius 1 is 0.968 bits per heavy atom. The maximum absolute atomic E-state index is 13.4. The van der Waals surface area contributed by atoms with Crippen molar-refractivity contribution in [3.63, 3.8) is 0 Å². The van der Waals surface area contributed by atoms with Crippen LogP contribution in [0.4, 0.5) is 0 Å². The Hall–Kier alpha value is -0.770. The minimum absolute atomic E-state index is 0.0116. The van der Waals surface area contributed by atoms with Crippen LogP contribution in [-0.2, 0) is 33.4 Å². The Labute approximate surface area is 187 Å². The van der Waals surface area contributed by atoms with E-state index in [4.69, 9.17) is 8.37 Å². The largest absolute Gasteiger partial charge is 0.294 e. The van der Waals surface area contributed by atoms with Crippen LogP contribution in [0.3, 0.4) is 0 Å². The van der Waals surface area contributed by atoms with Gasteiger partial charge in [0.15, 0.2) is 5.78 Å². The Kier molecular flexibility index (Phi) is 6.35. The zero-order valence-corrected chi connectivity index (χ0v) is 20.9. The number of allylic oxidation sites excluding steroid dienone is 1. The Balaban J connectivity index is 2.09. The van der Waals surface area contributed by atoms with Crippen molar-refractivity contribution in [3.05, 3.63) is 12.2 Å². The summed E-state index contributed by atoms with van der Waals surface area (Å²) in [6, 6.07) is 0. The van der Waals surface area contributed by atoms with Crippen molar-refractivity contribution in [1.82, 2.24) is 0 Å². The molecule has 0 heterocycles. The van der Waals surface area contributed by atoms with Gasteiger partial charge >= 0.3 is 0 Å². The van der Waals surface area contributed by atoms with E-state index in [2.05, 4.69) is 6.58 Å². The molecule has 0 aromatic rings. The van der Waals surface area contributed by atoms with Crippen LogP contribution in [0.25, 0.3) is 0 Å². The zero-order chi connectivity index (χ0) is 23.5. The molecule has 3 fully saturated rings. The monoisotopic (exact) mass is 476 g/mol. The molecule has 178 valence electrons. The van der Waals surface area contributed by atoms with Gasteiger partial charge < -0.3 is 0 Å². The molecule has 0 amide bonds. The Bertz CT molecular complexity index is 970. The summed E-state index contributed by atoms with van der Waals surface area (Å²) in [5.74, 6) is 0.0148. The fourth-order valence-electron chi connectivity index (χ4n) is 6.93. The highest BCUT2D eigenvalue weighted by Crippen LogP contribution is 2.68. The zero-order valence-electron chi connectivity index (χ0n) is 19.3. The van der Waals surface area contributed by atoms with Crippen molar-refractivity contribution < 1.29 is 30.0 Å². The number of fused-ring (bicyclic) bond motifs is 3. The van der Waals surface area contributed by atoms with Gasteiger partial charge in [0.2, 0.25) is 0 Å². The highest BCUT2D eigenvalue weighted by atomic mass is 32.2. The van der Waals surface area contributed by atoms with Gasteiger partial charge in [-0.1, -0.05) is 33.8 Å². The summed E-state index contributed by atoms with van der Waals surface area (Å²) in [6.45, 7) is 10.1. The van der Waals surface area contributed by atoms with Gasteiger partial charge in [-0.3, -0.25) is 13.2 Å². The molecule has 0 aromatic carbocycles. The molecule has 3 saturated carbocycles. The molecule has 0 bridgehead atoms. The lowest BCUT2D eigenvalue weighted by Crippen LogP contribution is -2.63. The topological polar surface area (TPSA) is 104 Å². The summed E-state index contributed by atoms with van der Waals surface area (Å²) >= 11 is 0. The summed E-state index contributed by atoms with van der Waals surface area (Å²) in [7, 11) is -7.29. The van der Waals surface area contributed by atoms with E-state index in [0.29, 0.717) is 18.4 Å². The predicted octanol–water partition coefficient (Wildman–Crippen LogP) is 3.31. The lowest BCUT2D eigenvalue weighted by atomic mass is 9.39. The van der Waals surface area contributed by atoms with Crippen molar-refractivity contribution in [2.45, 2.75) is 59.3 Å². The van der Waals surface area contributed by atoms with Crippen LogP contribution in [0.5, 0.6) is 0 Å². The molecule has 0 radical (unpaired) electrons. The standard InChI is InChI=1S/C22H36O7S2/c1-15-12-18-21(4,19(23)16(15)2)11-8-17-20(3,13-28-30(5,24)25)9-7-10-22(17,18)14-29-31(6,26)27/h15,17-18H,2,7-14H2,1,3-6H3. The number of hydrogen-bond donors (Lipinski definition) is 0. The van der Waals surface area contributed by atoms with Gasteiger partial charge in [-0.05, 0) is 60.8 Å². The van der Waals surface area contributed by atoms with Crippen LogP contribution < -0.4 is 0 Å². The van der Waals surface area contributed by atoms with Crippen molar-refractivity contribution in [1.29, 1.82) is 0 Å². The second kappa shape index (κ2) is 7.92.